The van der Waals surface area contributed by atoms with E-state index in [0.717, 1.165) is 30.1 Å². The lowest BCUT2D eigenvalue weighted by Crippen LogP contribution is -1.94. The molecule has 1 aromatic carbocycles. The number of hydrogen-bond acceptors (Lipinski definition) is 2. The highest BCUT2D eigenvalue weighted by Crippen LogP contribution is 2.13. The molecule has 2 N–H and O–H groups in total. The monoisotopic (exact) mass is 278 g/mol. The topological polar surface area (TPSA) is 48.9 Å². The van der Waals surface area contributed by atoms with Crippen LogP contribution in [0.5, 0.6) is 0 Å². The quantitative estimate of drug-likeness (QED) is 0.798. The Morgan fingerprint density at radius 2 is 2.00 bits per heavy atom. The van der Waals surface area contributed by atoms with Crippen LogP contribution in [-0.2, 0) is 19.3 Å². The molecule has 0 fully saturated rings. The third-order valence-corrected chi connectivity index (χ3v) is 2.82. The number of aromatic amines is 1. The lowest BCUT2D eigenvalue weighted by Gasteiger charge is -2.01. The van der Waals surface area contributed by atoms with E-state index in [1.807, 2.05) is 24.3 Å². The number of imidazole rings is 1. The van der Waals surface area contributed by atoms with Crippen LogP contribution in [0.2, 0.25) is 0 Å². The van der Waals surface area contributed by atoms with Crippen LogP contribution in [0.4, 0.5) is 0 Å². The molecule has 0 aliphatic rings. The number of aliphatic hydroxyl groups is 1. The molecule has 0 amide bonds. The number of H-pyrrole nitrogens is 1. The van der Waals surface area contributed by atoms with Crippen molar-refractivity contribution in [1.82, 2.24) is 9.97 Å². The van der Waals surface area contributed by atoms with E-state index >= 15 is 0 Å². The van der Waals surface area contributed by atoms with Crippen LogP contribution in [0.15, 0.2) is 43.0 Å². The minimum Gasteiger partial charge on any atom is -0.396 e. The van der Waals surface area contributed by atoms with Crippen LogP contribution in [0.25, 0.3) is 0 Å². The molecular formula is C15H19ClN2O. The van der Waals surface area contributed by atoms with Gasteiger partial charge >= 0.3 is 0 Å². The van der Waals surface area contributed by atoms with Crippen molar-refractivity contribution in [3.63, 3.8) is 0 Å². The number of hydrogen-bond donors (Lipinski definition) is 2. The smallest absolute Gasteiger partial charge is 0.108 e. The fraction of sp³-hybridized carbons (Fsp3) is 0.267. The van der Waals surface area contributed by atoms with E-state index in [0.29, 0.717) is 6.42 Å². The zero-order valence-corrected chi connectivity index (χ0v) is 11.6. The summed E-state index contributed by atoms with van der Waals surface area (Å²) in [6.45, 7) is 3.87. The summed E-state index contributed by atoms with van der Waals surface area (Å²) in [6, 6.07) is 10.3. The van der Waals surface area contributed by atoms with E-state index in [4.69, 9.17) is 5.11 Å². The maximum absolute atomic E-state index is 8.96. The van der Waals surface area contributed by atoms with E-state index in [1.54, 1.807) is 0 Å². The summed E-state index contributed by atoms with van der Waals surface area (Å²) >= 11 is 0. The van der Waals surface area contributed by atoms with Crippen LogP contribution in [0.1, 0.15) is 22.8 Å². The minimum absolute atomic E-state index is 0. The van der Waals surface area contributed by atoms with Crippen LogP contribution < -0.4 is 0 Å². The minimum atomic E-state index is 0. The molecule has 19 heavy (non-hydrogen) atoms. The van der Waals surface area contributed by atoms with Gasteiger partial charge in [0.2, 0.25) is 0 Å². The molecule has 3 nitrogen and oxygen atoms in total. The molecule has 0 spiro atoms. The second kappa shape index (κ2) is 7.77. The second-order valence-corrected chi connectivity index (χ2v) is 4.24. The molecule has 0 saturated carbocycles. The van der Waals surface area contributed by atoms with Gasteiger partial charge in [-0.3, -0.25) is 0 Å². The molecule has 102 valence electrons. The number of aromatic nitrogens is 2. The maximum Gasteiger partial charge on any atom is 0.108 e. The van der Waals surface area contributed by atoms with Gasteiger partial charge in [0.15, 0.2) is 0 Å². The van der Waals surface area contributed by atoms with Gasteiger partial charge in [-0.15, -0.1) is 19.0 Å². The normalized spacial score (nSPS) is 9.95. The summed E-state index contributed by atoms with van der Waals surface area (Å²) in [7, 11) is 0. The molecule has 2 rings (SSSR count). The van der Waals surface area contributed by atoms with Crippen molar-refractivity contribution >= 4 is 12.4 Å². The molecule has 0 unspecified atom stereocenters. The van der Waals surface area contributed by atoms with Crippen molar-refractivity contribution in [3.8, 4) is 0 Å². The predicted molar refractivity (Wildman–Crippen MR) is 79.8 cm³/mol. The number of nitrogens with zero attached hydrogens (tertiary/aromatic N) is 1. The summed E-state index contributed by atoms with van der Waals surface area (Å²) in [6.07, 6.45) is 4.01. The molecule has 1 heterocycles. The Morgan fingerprint density at radius 1 is 1.26 bits per heavy atom. The Hall–Kier alpha value is -1.58. The summed E-state index contributed by atoms with van der Waals surface area (Å²) in [5.74, 6) is 0.847. The highest BCUT2D eigenvalue weighted by atomic mass is 35.5. The molecule has 0 saturated heterocycles. The molecule has 0 aliphatic heterocycles. The maximum atomic E-state index is 8.96. The van der Waals surface area contributed by atoms with Gasteiger partial charge in [0, 0.05) is 25.0 Å². The first-order valence-corrected chi connectivity index (χ1v) is 6.15. The second-order valence-electron chi connectivity index (χ2n) is 4.24. The van der Waals surface area contributed by atoms with Crippen molar-refractivity contribution in [2.24, 2.45) is 0 Å². The summed E-state index contributed by atoms with van der Waals surface area (Å²) < 4.78 is 0. The fourth-order valence-electron chi connectivity index (χ4n) is 1.98. The molecule has 2 aromatic rings. The van der Waals surface area contributed by atoms with Gasteiger partial charge in [-0.2, -0.15) is 0 Å². The molecule has 0 aliphatic carbocycles. The third-order valence-electron chi connectivity index (χ3n) is 2.82. The van der Waals surface area contributed by atoms with Crippen LogP contribution in [0, 0.1) is 0 Å². The predicted octanol–water partition coefficient (Wildman–Crippen LogP) is 2.69. The van der Waals surface area contributed by atoms with Crippen LogP contribution >= 0.6 is 12.4 Å². The number of nitrogens with one attached hydrogen (secondary N) is 1. The van der Waals surface area contributed by atoms with Gasteiger partial charge in [0.1, 0.15) is 5.82 Å². The Labute approximate surface area is 119 Å². The van der Waals surface area contributed by atoms with E-state index in [2.05, 4.69) is 28.7 Å². The summed E-state index contributed by atoms with van der Waals surface area (Å²) in [5.41, 5.74) is 3.39. The first-order chi connectivity index (χ1) is 8.83. The van der Waals surface area contributed by atoms with Crippen molar-refractivity contribution in [1.29, 1.82) is 0 Å². The molecule has 0 radical (unpaired) electrons. The van der Waals surface area contributed by atoms with E-state index in [-0.39, 0.29) is 19.0 Å². The SMILES string of the molecule is C=CCc1nc(CCO)[nH]c1Cc1ccccc1.Cl. The van der Waals surface area contributed by atoms with Crippen LogP contribution in [0.3, 0.4) is 0 Å². The van der Waals surface area contributed by atoms with E-state index in [1.165, 1.54) is 5.56 Å². The fourth-order valence-corrected chi connectivity index (χ4v) is 1.98. The van der Waals surface area contributed by atoms with Crippen molar-refractivity contribution in [3.05, 3.63) is 65.8 Å². The summed E-state index contributed by atoms with van der Waals surface area (Å²) in [4.78, 5) is 7.80. The average molecular weight is 279 g/mol. The van der Waals surface area contributed by atoms with Gasteiger partial charge in [-0.25, -0.2) is 4.98 Å². The Bertz CT molecular complexity index is 508. The lowest BCUT2D eigenvalue weighted by atomic mass is 10.1. The summed E-state index contributed by atoms with van der Waals surface area (Å²) in [5, 5.41) is 8.96. The standard InChI is InChI=1S/C15H18N2O.ClH/c1-2-6-13-14(17-15(16-13)9-10-18)11-12-7-4-3-5-8-12;/h2-5,7-8,18H,1,6,9-11H2,(H,16,17);1H. The van der Waals surface area contributed by atoms with Gasteiger partial charge in [-0.1, -0.05) is 36.4 Å². The van der Waals surface area contributed by atoms with Gasteiger partial charge in [0.25, 0.3) is 0 Å². The highest BCUT2D eigenvalue weighted by Gasteiger charge is 2.09. The Morgan fingerprint density at radius 3 is 2.63 bits per heavy atom. The zero-order chi connectivity index (χ0) is 12.8. The number of halogens is 1. The highest BCUT2D eigenvalue weighted by molar-refractivity contribution is 5.85. The number of allylic oxidation sites excluding steroid dienone is 1. The van der Waals surface area contributed by atoms with Crippen molar-refractivity contribution in [2.45, 2.75) is 19.3 Å². The Kier molecular flexibility index (Phi) is 6.33. The van der Waals surface area contributed by atoms with E-state index in [9.17, 15) is 0 Å². The van der Waals surface area contributed by atoms with Crippen LogP contribution in [-0.4, -0.2) is 21.7 Å². The van der Waals surface area contributed by atoms with Crippen molar-refractivity contribution < 1.29 is 5.11 Å². The number of benzene rings is 1. The van der Waals surface area contributed by atoms with E-state index < -0.39 is 0 Å². The first kappa shape index (κ1) is 15.5. The number of aliphatic hydroxyl groups excluding tert-OH is 1. The number of rotatable bonds is 6. The van der Waals surface area contributed by atoms with Crippen molar-refractivity contribution in [2.75, 3.05) is 6.61 Å². The lowest BCUT2D eigenvalue weighted by molar-refractivity contribution is 0.297. The van der Waals surface area contributed by atoms with Gasteiger partial charge < -0.3 is 10.1 Å². The third kappa shape index (κ3) is 4.23. The molecule has 0 bridgehead atoms. The zero-order valence-electron chi connectivity index (χ0n) is 10.8. The average Bonchev–Trinajstić information content (AvgIpc) is 2.74. The van der Waals surface area contributed by atoms with Gasteiger partial charge in [-0.05, 0) is 5.56 Å². The first-order valence-electron chi connectivity index (χ1n) is 6.15. The van der Waals surface area contributed by atoms with Gasteiger partial charge in [0.05, 0.1) is 12.3 Å². The largest absolute Gasteiger partial charge is 0.396 e. The molecule has 4 heteroatoms. The molecule has 1 aromatic heterocycles. The molecule has 0 atom stereocenters. The Balaban J connectivity index is 0.00000180. The molecular weight excluding hydrogens is 260 g/mol.